The lowest BCUT2D eigenvalue weighted by molar-refractivity contribution is 0.531. The molecule has 0 saturated heterocycles. The topological polar surface area (TPSA) is 0 Å². The Hall–Kier alpha value is -1.21. The van der Waals surface area contributed by atoms with Gasteiger partial charge in [-0.25, -0.2) is 0 Å². The van der Waals surface area contributed by atoms with Crippen LogP contribution in [0.15, 0.2) is 70.5 Å². The Balaban J connectivity index is 1.46. The molecule has 0 nitrogen and oxygen atoms in total. The second-order valence-electron chi connectivity index (χ2n) is 9.02. The van der Waals surface area contributed by atoms with Gasteiger partial charge in [-0.2, -0.15) is 0 Å². The van der Waals surface area contributed by atoms with Crippen LogP contribution >= 0.6 is 0 Å². The van der Waals surface area contributed by atoms with Gasteiger partial charge in [-0.05, 0) is 37.1 Å². The van der Waals surface area contributed by atoms with E-state index in [2.05, 4.69) is 67.6 Å². The van der Waals surface area contributed by atoms with Gasteiger partial charge >= 0.3 is 0 Å². The summed E-state index contributed by atoms with van der Waals surface area (Å²) in [6.45, 7) is 2.30. The number of hydrogen-bond acceptors (Lipinski definition) is 0. The van der Waals surface area contributed by atoms with Crippen LogP contribution in [0.25, 0.3) is 0 Å². The summed E-state index contributed by atoms with van der Waals surface area (Å²) in [6, 6.07) is 22.2. The van der Waals surface area contributed by atoms with Crippen molar-refractivity contribution in [3.05, 3.63) is 60.7 Å². The van der Waals surface area contributed by atoms with Crippen molar-refractivity contribution in [2.75, 3.05) is 5.75 Å². The van der Waals surface area contributed by atoms with Gasteiger partial charge < -0.3 is 0 Å². The third kappa shape index (κ3) is 12.4. The van der Waals surface area contributed by atoms with Gasteiger partial charge in [-0.3, -0.25) is 0 Å². The molecule has 0 aliphatic carbocycles. The Morgan fingerprint density at radius 2 is 0.742 bits per heavy atom. The molecule has 0 aromatic heterocycles. The molecule has 0 N–H and O–H groups in total. The molecule has 0 spiro atoms. The van der Waals surface area contributed by atoms with Crippen molar-refractivity contribution in [3.63, 3.8) is 0 Å². The largest absolute Gasteiger partial charge is 0.160 e. The van der Waals surface area contributed by atoms with E-state index in [4.69, 9.17) is 0 Å². The molecule has 0 radical (unpaired) electrons. The fraction of sp³-hybridized carbons (Fsp3) is 0.600. The van der Waals surface area contributed by atoms with E-state index in [1.165, 1.54) is 118 Å². The molecule has 0 aliphatic heterocycles. The summed E-state index contributed by atoms with van der Waals surface area (Å²) < 4.78 is 0. The van der Waals surface area contributed by atoms with E-state index < -0.39 is 0 Å². The summed E-state index contributed by atoms with van der Waals surface area (Å²) in [4.78, 5) is 2.99. The summed E-state index contributed by atoms with van der Waals surface area (Å²) in [5, 5.41) is 0. The van der Waals surface area contributed by atoms with E-state index >= 15 is 0 Å². The number of rotatable bonds is 19. The van der Waals surface area contributed by atoms with Gasteiger partial charge in [-0.1, -0.05) is 133 Å². The van der Waals surface area contributed by atoms with Crippen molar-refractivity contribution in [2.45, 2.75) is 119 Å². The highest BCUT2D eigenvalue weighted by atomic mass is 32.2. The highest BCUT2D eigenvalue weighted by Crippen LogP contribution is 2.25. The minimum absolute atomic E-state index is 0.231. The predicted molar refractivity (Wildman–Crippen MR) is 141 cm³/mol. The zero-order valence-corrected chi connectivity index (χ0v) is 21.0. The molecule has 1 heteroatoms. The van der Waals surface area contributed by atoms with Gasteiger partial charge in [0.15, 0.2) is 9.79 Å². The number of benzene rings is 2. The Bertz CT molecular complexity index is 582. The van der Waals surface area contributed by atoms with Crippen molar-refractivity contribution < 1.29 is 0 Å². The van der Waals surface area contributed by atoms with Crippen LogP contribution in [-0.2, 0) is 10.9 Å². The third-order valence-electron chi connectivity index (χ3n) is 6.26. The molecular formula is C30H47S+. The summed E-state index contributed by atoms with van der Waals surface area (Å²) in [5.41, 5.74) is 0. The van der Waals surface area contributed by atoms with E-state index in [9.17, 15) is 0 Å². The quantitative estimate of drug-likeness (QED) is 0.151. The summed E-state index contributed by atoms with van der Waals surface area (Å²) in [6.07, 6.45) is 23.0. The Labute approximate surface area is 196 Å². The zero-order valence-electron chi connectivity index (χ0n) is 20.2. The predicted octanol–water partition coefficient (Wildman–Crippen LogP) is 9.98. The average Bonchev–Trinajstić information content (AvgIpc) is 2.82. The molecule has 2 rings (SSSR count). The van der Waals surface area contributed by atoms with Gasteiger partial charge in [0.1, 0.15) is 5.75 Å². The van der Waals surface area contributed by atoms with Crippen LogP contribution < -0.4 is 0 Å². The molecule has 172 valence electrons. The van der Waals surface area contributed by atoms with Crippen molar-refractivity contribution >= 4 is 10.9 Å². The zero-order chi connectivity index (χ0) is 21.8. The van der Waals surface area contributed by atoms with E-state index in [0.29, 0.717) is 0 Å². The van der Waals surface area contributed by atoms with Gasteiger partial charge in [0.05, 0.1) is 10.9 Å². The lowest BCUT2D eigenvalue weighted by atomic mass is 10.0. The lowest BCUT2D eigenvalue weighted by Crippen LogP contribution is -2.08. The van der Waals surface area contributed by atoms with Gasteiger partial charge in [0, 0.05) is 0 Å². The second-order valence-corrected chi connectivity index (χ2v) is 11.2. The first-order valence-corrected chi connectivity index (χ1v) is 14.6. The maximum absolute atomic E-state index is 2.31. The Kier molecular flexibility index (Phi) is 15.4. The van der Waals surface area contributed by atoms with Crippen LogP contribution in [0.1, 0.15) is 110 Å². The fourth-order valence-electron chi connectivity index (χ4n) is 4.34. The molecule has 31 heavy (non-hydrogen) atoms. The van der Waals surface area contributed by atoms with Crippen LogP contribution in [0, 0.1) is 0 Å². The van der Waals surface area contributed by atoms with Crippen molar-refractivity contribution in [2.24, 2.45) is 0 Å². The molecule has 0 saturated carbocycles. The van der Waals surface area contributed by atoms with E-state index in [-0.39, 0.29) is 10.9 Å². The summed E-state index contributed by atoms with van der Waals surface area (Å²) >= 11 is 0. The van der Waals surface area contributed by atoms with Crippen LogP contribution in [0.5, 0.6) is 0 Å². The summed E-state index contributed by atoms with van der Waals surface area (Å²) in [7, 11) is 0.231. The van der Waals surface area contributed by atoms with E-state index in [1.54, 1.807) is 0 Å². The standard InChI is InChI=1S/C30H47S/c1-2-3-4-5-6-7-8-9-10-11-12-13-14-15-16-23-28-31(29-24-19-17-20-25-29)30-26-21-18-22-27-30/h17-22,24-27H,2-16,23,28H2,1H3/q+1. The van der Waals surface area contributed by atoms with Gasteiger partial charge in [0.25, 0.3) is 0 Å². The Morgan fingerprint density at radius 3 is 1.10 bits per heavy atom. The van der Waals surface area contributed by atoms with E-state index in [0.717, 1.165) is 0 Å². The first-order chi connectivity index (χ1) is 15.4. The van der Waals surface area contributed by atoms with Crippen LogP contribution in [0.3, 0.4) is 0 Å². The average molecular weight is 440 g/mol. The van der Waals surface area contributed by atoms with Gasteiger partial charge in [-0.15, -0.1) is 0 Å². The number of hydrogen-bond donors (Lipinski definition) is 0. The van der Waals surface area contributed by atoms with Crippen molar-refractivity contribution in [1.82, 2.24) is 0 Å². The monoisotopic (exact) mass is 439 g/mol. The maximum atomic E-state index is 2.31. The van der Waals surface area contributed by atoms with Crippen LogP contribution in [0.4, 0.5) is 0 Å². The lowest BCUT2D eigenvalue weighted by Gasteiger charge is -2.08. The molecule has 2 aromatic carbocycles. The highest BCUT2D eigenvalue weighted by Gasteiger charge is 2.23. The molecule has 0 bridgehead atoms. The molecule has 2 aromatic rings. The molecule has 0 unspecified atom stereocenters. The normalized spacial score (nSPS) is 11.3. The van der Waals surface area contributed by atoms with E-state index in [1.807, 2.05) is 0 Å². The maximum Gasteiger partial charge on any atom is 0.160 e. The third-order valence-corrected chi connectivity index (χ3v) is 8.64. The second kappa shape index (κ2) is 18.4. The Morgan fingerprint density at radius 1 is 0.419 bits per heavy atom. The van der Waals surface area contributed by atoms with Crippen LogP contribution in [0.2, 0.25) is 0 Å². The minimum atomic E-state index is 0.231. The SMILES string of the molecule is CCCCCCCCCCCCCCCCCC[S+](c1ccccc1)c1ccccc1. The van der Waals surface area contributed by atoms with Crippen molar-refractivity contribution in [3.8, 4) is 0 Å². The fourth-order valence-corrected chi connectivity index (χ4v) is 6.54. The molecule has 0 aliphatic rings. The molecule has 0 amide bonds. The molecule has 0 atom stereocenters. The highest BCUT2D eigenvalue weighted by molar-refractivity contribution is 7.97. The molecule has 0 fully saturated rings. The van der Waals surface area contributed by atoms with Crippen LogP contribution in [-0.4, -0.2) is 5.75 Å². The first-order valence-electron chi connectivity index (χ1n) is 13.2. The minimum Gasteiger partial charge on any atom is -0.0654 e. The number of unbranched alkanes of at least 4 members (excludes halogenated alkanes) is 15. The summed E-state index contributed by atoms with van der Waals surface area (Å²) in [5.74, 6) is 1.30. The first kappa shape index (κ1) is 26.0. The van der Waals surface area contributed by atoms with Crippen molar-refractivity contribution in [1.29, 1.82) is 0 Å². The van der Waals surface area contributed by atoms with Gasteiger partial charge in [0.2, 0.25) is 0 Å². The molecule has 0 heterocycles. The molecular weight excluding hydrogens is 392 g/mol. The smallest absolute Gasteiger partial charge is 0.0654 e.